The van der Waals surface area contributed by atoms with Gasteiger partial charge in [0, 0.05) is 6.04 Å². The van der Waals surface area contributed by atoms with Crippen LogP contribution >= 0.6 is 11.3 Å². The molecule has 24 heavy (non-hydrogen) atoms. The van der Waals surface area contributed by atoms with E-state index in [4.69, 9.17) is 0 Å². The second-order valence-corrected chi connectivity index (χ2v) is 7.85. The summed E-state index contributed by atoms with van der Waals surface area (Å²) in [6, 6.07) is 7.57. The molecular formula is C18H24N2O3S. The Hall–Kier alpha value is -1.50. The van der Waals surface area contributed by atoms with Crippen molar-refractivity contribution in [3.8, 4) is 0 Å². The molecule has 0 radical (unpaired) electrons. The molecule has 130 valence electrons. The molecule has 1 aliphatic carbocycles. The minimum atomic E-state index is -1.50. The maximum absolute atomic E-state index is 12.3. The second kappa shape index (κ2) is 7.17. The zero-order valence-electron chi connectivity index (χ0n) is 14.0. The number of aliphatic hydroxyl groups is 2. The Morgan fingerprint density at radius 2 is 2.04 bits per heavy atom. The smallest absolute Gasteiger partial charge is 0.252 e. The molecule has 0 aliphatic heterocycles. The van der Waals surface area contributed by atoms with E-state index in [9.17, 15) is 15.0 Å². The topological polar surface area (TPSA) is 82.5 Å². The summed E-state index contributed by atoms with van der Waals surface area (Å²) in [7, 11) is 0. The highest BCUT2D eigenvalue weighted by Gasteiger charge is 2.33. The lowest BCUT2D eigenvalue weighted by Crippen LogP contribution is -2.48. The number of carbonyl (C=O) groups excluding carboxylic acids is 1. The Morgan fingerprint density at radius 1 is 1.29 bits per heavy atom. The first-order valence-electron chi connectivity index (χ1n) is 8.49. The number of benzene rings is 1. The number of carbonyl (C=O) groups is 1. The molecule has 1 aromatic carbocycles. The van der Waals surface area contributed by atoms with Crippen molar-refractivity contribution >= 4 is 27.5 Å². The zero-order valence-corrected chi connectivity index (χ0v) is 14.8. The van der Waals surface area contributed by atoms with E-state index in [0.717, 1.165) is 23.1 Å². The number of nitrogens with one attached hydrogen (secondary N) is 1. The first-order chi connectivity index (χ1) is 11.5. The minimum absolute atomic E-state index is 0.0541. The highest BCUT2D eigenvalue weighted by atomic mass is 32.1. The van der Waals surface area contributed by atoms with Gasteiger partial charge >= 0.3 is 0 Å². The van der Waals surface area contributed by atoms with E-state index < -0.39 is 18.1 Å². The van der Waals surface area contributed by atoms with Gasteiger partial charge in [-0.3, -0.25) is 4.79 Å². The fourth-order valence-electron chi connectivity index (χ4n) is 3.35. The van der Waals surface area contributed by atoms with Crippen LogP contribution in [0.2, 0.25) is 0 Å². The molecule has 1 fully saturated rings. The number of fused-ring (bicyclic) bond motifs is 1. The van der Waals surface area contributed by atoms with E-state index in [2.05, 4.69) is 24.1 Å². The first-order valence-corrected chi connectivity index (χ1v) is 9.31. The van der Waals surface area contributed by atoms with Crippen molar-refractivity contribution in [2.45, 2.75) is 51.4 Å². The molecule has 1 aliphatic rings. The number of hydrogen-bond donors (Lipinski definition) is 3. The number of para-hydroxylation sites is 1. The van der Waals surface area contributed by atoms with Gasteiger partial charge in [-0.1, -0.05) is 38.8 Å². The lowest BCUT2D eigenvalue weighted by molar-refractivity contribution is -0.136. The molecule has 6 heteroatoms. The molecule has 0 spiro atoms. The van der Waals surface area contributed by atoms with Crippen LogP contribution in [0.3, 0.4) is 0 Å². The van der Waals surface area contributed by atoms with Crippen LogP contribution < -0.4 is 5.32 Å². The van der Waals surface area contributed by atoms with E-state index in [-0.39, 0.29) is 6.04 Å². The van der Waals surface area contributed by atoms with Gasteiger partial charge in [-0.25, -0.2) is 4.98 Å². The van der Waals surface area contributed by atoms with Crippen molar-refractivity contribution in [2.24, 2.45) is 11.8 Å². The van der Waals surface area contributed by atoms with Crippen LogP contribution in [0.1, 0.15) is 44.2 Å². The summed E-state index contributed by atoms with van der Waals surface area (Å²) in [5.41, 5.74) is 0.763. The molecule has 3 rings (SSSR count). The molecule has 0 saturated heterocycles. The summed E-state index contributed by atoms with van der Waals surface area (Å²) in [5.74, 6) is 0.401. The largest absolute Gasteiger partial charge is 0.383 e. The van der Waals surface area contributed by atoms with Crippen molar-refractivity contribution in [1.29, 1.82) is 0 Å². The van der Waals surface area contributed by atoms with Crippen LogP contribution in [0.5, 0.6) is 0 Å². The lowest BCUT2D eigenvalue weighted by Gasteiger charge is -2.35. The van der Waals surface area contributed by atoms with E-state index in [1.165, 1.54) is 17.8 Å². The second-order valence-electron chi connectivity index (χ2n) is 6.79. The SMILES string of the molecule is CC1CCCC(NC(=O)C(O)C(O)c2nc3ccccc3s2)C1C. The van der Waals surface area contributed by atoms with Gasteiger partial charge in [-0.15, -0.1) is 11.3 Å². The molecule has 5 nitrogen and oxygen atoms in total. The first kappa shape index (κ1) is 17.3. The third-order valence-electron chi connectivity index (χ3n) is 5.17. The molecule has 5 atom stereocenters. The Morgan fingerprint density at radius 3 is 2.79 bits per heavy atom. The highest BCUT2D eigenvalue weighted by Crippen LogP contribution is 2.31. The maximum Gasteiger partial charge on any atom is 0.252 e. The van der Waals surface area contributed by atoms with Crippen LogP contribution in [0.15, 0.2) is 24.3 Å². The summed E-state index contributed by atoms with van der Waals surface area (Å²) in [5, 5.41) is 23.9. The molecule has 0 bridgehead atoms. The van der Waals surface area contributed by atoms with Gasteiger partial charge in [-0.2, -0.15) is 0 Å². The standard InChI is InChI=1S/C18H24N2O3S/c1-10-6-5-8-12(11(10)2)19-17(23)15(21)16(22)18-20-13-7-3-4-9-14(13)24-18/h3-4,7,9-12,15-16,21-22H,5-6,8H2,1-2H3,(H,19,23). The number of thiazole rings is 1. The molecule has 1 amide bonds. The highest BCUT2D eigenvalue weighted by molar-refractivity contribution is 7.18. The Kier molecular flexibility index (Phi) is 5.18. The molecule has 1 saturated carbocycles. The van der Waals surface area contributed by atoms with Gasteiger partial charge in [0.15, 0.2) is 6.10 Å². The van der Waals surface area contributed by atoms with Gasteiger partial charge in [0.1, 0.15) is 11.1 Å². The van der Waals surface area contributed by atoms with Crippen molar-refractivity contribution in [2.75, 3.05) is 0 Å². The zero-order chi connectivity index (χ0) is 17.3. The van der Waals surface area contributed by atoms with Crippen LogP contribution in [0, 0.1) is 11.8 Å². The van der Waals surface area contributed by atoms with E-state index >= 15 is 0 Å². The van der Waals surface area contributed by atoms with Crippen LogP contribution in [0.4, 0.5) is 0 Å². The number of aliphatic hydroxyl groups excluding tert-OH is 2. The summed E-state index contributed by atoms with van der Waals surface area (Å²) in [6.07, 6.45) is 0.354. The third kappa shape index (κ3) is 3.45. The monoisotopic (exact) mass is 348 g/mol. The summed E-state index contributed by atoms with van der Waals surface area (Å²) in [6.45, 7) is 4.32. The number of amides is 1. The van der Waals surface area contributed by atoms with E-state index in [1.807, 2.05) is 24.3 Å². The maximum atomic E-state index is 12.3. The number of aromatic nitrogens is 1. The van der Waals surface area contributed by atoms with Crippen molar-refractivity contribution in [3.63, 3.8) is 0 Å². The van der Waals surface area contributed by atoms with Gasteiger partial charge in [0.05, 0.1) is 10.2 Å². The molecule has 1 heterocycles. The Labute approximate surface area is 145 Å². The normalized spacial score (nSPS) is 26.9. The van der Waals surface area contributed by atoms with Gasteiger partial charge in [-0.05, 0) is 30.4 Å². The quantitative estimate of drug-likeness (QED) is 0.793. The van der Waals surface area contributed by atoms with E-state index in [0.29, 0.717) is 16.8 Å². The third-order valence-corrected chi connectivity index (χ3v) is 6.27. The summed E-state index contributed by atoms with van der Waals surface area (Å²) in [4.78, 5) is 16.7. The average molecular weight is 348 g/mol. The summed E-state index contributed by atoms with van der Waals surface area (Å²) < 4.78 is 0.925. The molecule has 3 N–H and O–H groups in total. The van der Waals surface area contributed by atoms with E-state index in [1.54, 1.807) is 0 Å². The Bertz CT molecular complexity index is 684. The van der Waals surface area contributed by atoms with Crippen molar-refractivity contribution < 1.29 is 15.0 Å². The van der Waals surface area contributed by atoms with Gasteiger partial charge in [0.25, 0.3) is 5.91 Å². The molecule has 5 unspecified atom stereocenters. The fourth-order valence-corrected chi connectivity index (χ4v) is 4.33. The predicted octanol–water partition coefficient (Wildman–Crippen LogP) is 2.63. The van der Waals surface area contributed by atoms with Crippen molar-refractivity contribution in [3.05, 3.63) is 29.3 Å². The molecular weight excluding hydrogens is 324 g/mol. The number of rotatable bonds is 4. The van der Waals surface area contributed by atoms with Crippen LogP contribution in [0.25, 0.3) is 10.2 Å². The fraction of sp³-hybridized carbons (Fsp3) is 0.556. The number of hydrogen-bond acceptors (Lipinski definition) is 5. The average Bonchev–Trinajstić information content (AvgIpc) is 3.01. The summed E-state index contributed by atoms with van der Waals surface area (Å²) >= 11 is 1.30. The molecule has 1 aromatic heterocycles. The Balaban J connectivity index is 1.68. The van der Waals surface area contributed by atoms with Crippen molar-refractivity contribution in [1.82, 2.24) is 10.3 Å². The molecule has 2 aromatic rings. The number of nitrogens with zero attached hydrogens (tertiary/aromatic N) is 1. The van der Waals surface area contributed by atoms with Crippen LogP contribution in [-0.4, -0.2) is 33.3 Å². The van der Waals surface area contributed by atoms with Gasteiger partial charge < -0.3 is 15.5 Å². The minimum Gasteiger partial charge on any atom is -0.383 e. The van der Waals surface area contributed by atoms with Crippen LogP contribution in [-0.2, 0) is 4.79 Å². The van der Waals surface area contributed by atoms with Gasteiger partial charge in [0.2, 0.25) is 0 Å². The lowest BCUT2D eigenvalue weighted by atomic mass is 9.78. The predicted molar refractivity (Wildman–Crippen MR) is 94.7 cm³/mol.